The molecule has 1 aromatic heterocycles. The first kappa shape index (κ1) is 22.4. The van der Waals surface area contributed by atoms with Crippen LogP contribution in [0.15, 0.2) is 48.7 Å². The Balaban J connectivity index is 1.35. The van der Waals surface area contributed by atoms with E-state index in [0.717, 1.165) is 31.4 Å². The maximum Gasteiger partial charge on any atom is 0.256 e. The van der Waals surface area contributed by atoms with Crippen molar-refractivity contribution in [1.82, 2.24) is 20.1 Å². The van der Waals surface area contributed by atoms with Gasteiger partial charge in [-0.2, -0.15) is 0 Å². The van der Waals surface area contributed by atoms with Gasteiger partial charge in [-0.25, -0.2) is 4.39 Å². The summed E-state index contributed by atoms with van der Waals surface area (Å²) in [7, 11) is 0. The van der Waals surface area contributed by atoms with E-state index in [1.54, 1.807) is 23.2 Å². The van der Waals surface area contributed by atoms with E-state index < -0.39 is 5.82 Å². The maximum absolute atomic E-state index is 14.0. The summed E-state index contributed by atoms with van der Waals surface area (Å²) >= 11 is 0. The van der Waals surface area contributed by atoms with Gasteiger partial charge in [-0.1, -0.05) is 31.0 Å². The summed E-state index contributed by atoms with van der Waals surface area (Å²) in [5.74, 6) is -0.351. The molecule has 1 unspecified atom stereocenters. The van der Waals surface area contributed by atoms with Gasteiger partial charge in [0, 0.05) is 51.0 Å². The second-order valence-corrected chi connectivity index (χ2v) is 8.66. The molecule has 0 radical (unpaired) electrons. The number of piperazine rings is 1. The SMILES string of the molecule is O=C(NCCc1ccccn1)C(C1CCCC1)N1CCN(C(=O)c2ccccc2F)CC1. The molecule has 4 rings (SSSR count). The van der Waals surface area contributed by atoms with Gasteiger partial charge in [0.2, 0.25) is 5.91 Å². The molecule has 2 amide bonds. The second-order valence-electron chi connectivity index (χ2n) is 8.66. The predicted octanol–water partition coefficient (Wildman–Crippen LogP) is 2.90. The Kier molecular flexibility index (Phi) is 7.47. The van der Waals surface area contributed by atoms with Crippen molar-refractivity contribution >= 4 is 11.8 Å². The van der Waals surface area contributed by atoms with Gasteiger partial charge in [0.05, 0.1) is 11.6 Å². The van der Waals surface area contributed by atoms with Crippen LogP contribution in [-0.4, -0.2) is 65.4 Å². The Bertz CT molecular complexity index is 909. The summed E-state index contributed by atoms with van der Waals surface area (Å²) in [6.45, 7) is 2.80. The van der Waals surface area contributed by atoms with E-state index in [0.29, 0.717) is 45.1 Å². The number of hydrogen-bond acceptors (Lipinski definition) is 4. The molecule has 7 heteroatoms. The highest BCUT2D eigenvalue weighted by molar-refractivity contribution is 5.94. The number of carbonyl (C=O) groups excluding carboxylic acids is 2. The number of nitrogens with zero attached hydrogens (tertiary/aromatic N) is 3. The van der Waals surface area contributed by atoms with Gasteiger partial charge in [-0.05, 0) is 43.0 Å². The molecule has 2 aliphatic rings. The molecule has 0 bridgehead atoms. The molecule has 1 atom stereocenters. The average molecular weight is 439 g/mol. The number of carbonyl (C=O) groups is 2. The molecule has 1 saturated heterocycles. The minimum atomic E-state index is -0.490. The predicted molar refractivity (Wildman–Crippen MR) is 121 cm³/mol. The van der Waals surface area contributed by atoms with E-state index in [-0.39, 0.29) is 23.4 Å². The van der Waals surface area contributed by atoms with Crippen molar-refractivity contribution in [2.75, 3.05) is 32.7 Å². The van der Waals surface area contributed by atoms with Crippen LogP contribution in [0.1, 0.15) is 41.7 Å². The first-order valence-electron chi connectivity index (χ1n) is 11.6. The summed E-state index contributed by atoms with van der Waals surface area (Å²) in [5.41, 5.74) is 1.08. The topological polar surface area (TPSA) is 65.5 Å². The lowest BCUT2D eigenvalue weighted by molar-refractivity contribution is -0.129. The molecule has 1 aliphatic heterocycles. The lowest BCUT2D eigenvalue weighted by Crippen LogP contribution is -2.58. The first-order valence-corrected chi connectivity index (χ1v) is 11.6. The van der Waals surface area contributed by atoms with Crippen molar-refractivity contribution in [3.63, 3.8) is 0 Å². The molecule has 0 spiro atoms. The Morgan fingerprint density at radius 2 is 1.75 bits per heavy atom. The van der Waals surface area contributed by atoms with E-state index in [1.165, 1.54) is 12.1 Å². The first-order chi connectivity index (χ1) is 15.6. The third-order valence-electron chi connectivity index (χ3n) is 6.62. The van der Waals surface area contributed by atoms with Crippen LogP contribution in [0.25, 0.3) is 0 Å². The van der Waals surface area contributed by atoms with Crippen LogP contribution in [0.5, 0.6) is 0 Å². The van der Waals surface area contributed by atoms with Crippen molar-refractivity contribution in [2.24, 2.45) is 5.92 Å². The molecule has 32 heavy (non-hydrogen) atoms. The Morgan fingerprint density at radius 1 is 1.03 bits per heavy atom. The molecular weight excluding hydrogens is 407 g/mol. The normalized spacial score (nSPS) is 18.5. The summed E-state index contributed by atoms with van der Waals surface area (Å²) < 4.78 is 14.0. The van der Waals surface area contributed by atoms with E-state index in [9.17, 15) is 14.0 Å². The minimum absolute atomic E-state index is 0.0710. The molecule has 6 nitrogen and oxygen atoms in total. The van der Waals surface area contributed by atoms with Gasteiger partial charge in [0.1, 0.15) is 5.82 Å². The van der Waals surface area contributed by atoms with Crippen LogP contribution in [-0.2, 0) is 11.2 Å². The van der Waals surface area contributed by atoms with E-state index in [1.807, 2.05) is 18.2 Å². The van der Waals surface area contributed by atoms with Crippen molar-refractivity contribution in [3.05, 3.63) is 65.7 Å². The number of benzene rings is 1. The standard InChI is InChI=1S/C25H31FN4O2/c26-22-11-4-3-10-21(22)25(32)30-17-15-29(16-18-30)23(19-7-1-2-8-19)24(31)28-14-12-20-9-5-6-13-27-20/h3-6,9-11,13,19,23H,1-2,7-8,12,14-18H2,(H,28,31). The van der Waals surface area contributed by atoms with E-state index in [2.05, 4.69) is 15.2 Å². The fourth-order valence-electron chi connectivity index (χ4n) is 4.92. The number of rotatable bonds is 7. The number of aromatic nitrogens is 1. The van der Waals surface area contributed by atoms with Crippen LogP contribution >= 0.6 is 0 Å². The molecule has 2 fully saturated rings. The molecule has 2 aromatic rings. The zero-order chi connectivity index (χ0) is 22.3. The largest absolute Gasteiger partial charge is 0.354 e. The van der Waals surface area contributed by atoms with Crippen LogP contribution in [0.4, 0.5) is 4.39 Å². The number of halogens is 1. The average Bonchev–Trinajstić information content (AvgIpc) is 3.35. The smallest absolute Gasteiger partial charge is 0.256 e. The van der Waals surface area contributed by atoms with Gasteiger partial charge >= 0.3 is 0 Å². The van der Waals surface area contributed by atoms with Crippen LogP contribution < -0.4 is 5.32 Å². The van der Waals surface area contributed by atoms with Crippen LogP contribution in [0, 0.1) is 11.7 Å². The van der Waals surface area contributed by atoms with Crippen molar-refractivity contribution < 1.29 is 14.0 Å². The highest BCUT2D eigenvalue weighted by Gasteiger charge is 2.37. The van der Waals surface area contributed by atoms with E-state index in [4.69, 9.17) is 0 Å². The molecule has 1 aliphatic carbocycles. The molecule has 1 saturated carbocycles. The van der Waals surface area contributed by atoms with Gasteiger partial charge in [-0.15, -0.1) is 0 Å². The fourth-order valence-corrected chi connectivity index (χ4v) is 4.92. The molecule has 1 aromatic carbocycles. The number of amides is 2. The Labute approximate surface area is 188 Å². The summed E-state index contributed by atoms with van der Waals surface area (Å²) in [5, 5.41) is 3.12. The van der Waals surface area contributed by atoms with Crippen LogP contribution in [0.2, 0.25) is 0 Å². The second kappa shape index (κ2) is 10.7. The molecule has 170 valence electrons. The number of nitrogens with one attached hydrogen (secondary N) is 1. The molecular formula is C25H31FN4O2. The highest BCUT2D eigenvalue weighted by Crippen LogP contribution is 2.31. The van der Waals surface area contributed by atoms with Crippen LogP contribution in [0.3, 0.4) is 0 Å². The van der Waals surface area contributed by atoms with Crippen molar-refractivity contribution in [3.8, 4) is 0 Å². The third-order valence-corrected chi connectivity index (χ3v) is 6.62. The third kappa shape index (κ3) is 5.33. The Hall–Kier alpha value is -2.80. The van der Waals surface area contributed by atoms with Gasteiger partial charge in [0.25, 0.3) is 5.91 Å². The Morgan fingerprint density at radius 3 is 2.44 bits per heavy atom. The number of pyridine rings is 1. The highest BCUT2D eigenvalue weighted by atomic mass is 19.1. The summed E-state index contributed by atoms with van der Waals surface area (Å²) in [6.07, 6.45) is 6.91. The lowest BCUT2D eigenvalue weighted by atomic mass is 9.95. The summed E-state index contributed by atoms with van der Waals surface area (Å²) in [6, 6.07) is 11.7. The summed E-state index contributed by atoms with van der Waals surface area (Å²) in [4.78, 5) is 34.2. The zero-order valence-electron chi connectivity index (χ0n) is 18.4. The van der Waals surface area contributed by atoms with Gasteiger partial charge in [0.15, 0.2) is 0 Å². The van der Waals surface area contributed by atoms with Gasteiger partial charge in [-0.3, -0.25) is 19.5 Å². The van der Waals surface area contributed by atoms with Crippen molar-refractivity contribution in [1.29, 1.82) is 0 Å². The molecule has 1 N–H and O–H groups in total. The van der Waals surface area contributed by atoms with E-state index >= 15 is 0 Å². The number of hydrogen-bond donors (Lipinski definition) is 1. The maximum atomic E-state index is 14.0. The quantitative estimate of drug-likeness (QED) is 0.722. The van der Waals surface area contributed by atoms with Crippen molar-refractivity contribution in [2.45, 2.75) is 38.1 Å². The zero-order valence-corrected chi connectivity index (χ0v) is 18.4. The fraction of sp³-hybridized carbons (Fsp3) is 0.480. The lowest BCUT2D eigenvalue weighted by Gasteiger charge is -2.40. The monoisotopic (exact) mass is 438 g/mol. The van der Waals surface area contributed by atoms with Gasteiger partial charge < -0.3 is 10.2 Å². The minimum Gasteiger partial charge on any atom is -0.354 e. The molecule has 2 heterocycles.